The summed E-state index contributed by atoms with van der Waals surface area (Å²) in [6, 6.07) is 15.3. The highest BCUT2D eigenvalue weighted by Gasteiger charge is 2.36. The van der Waals surface area contributed by atoms with Crippen molar-refractivity contribution in [1.29, 1.82) is 0 Å². The van der Waals surface area contributed by atoms with E-state index in [-0.39, 0.29) is 24.4 Å². The summed E-state index contributed by atoms with van der Waals surface area (Å²) in [5.41, 5.74) is 1.64. The van der Waals surface area contributed by atoms with Gasteiger partial charge in [0.2, 0.25) is 5.91 Å². The molecule has 1 fully saturated rings. The molecule has 6 nitrogen and oxygen atoms in total. The summed E-state index contributed by atoms with van der Waals surface area (Å²) < 4.78 is 1.46. The van der Waals surface area contributed by atoms with Gasteiger partial charge in [0, 0.05) is 13.0 Å². The minimum Gasteiger partial charge on any atom is -0.347 e. The van der Waals surface area contributed by atoms with Gasteiger partial charge in [-0.25, -0.2) is 4.79 Å². The Bertz CT molecular complexity index is 1170. The number of hydrogen-bond donors (Lipinski definition) is 2. The molecular weight excluding hydrogens is 366 g/mol. The van der Waals surface area contributed by atoms with E-state index < -0.39 is 11.2 Å². The first kappa shape index (κ1) is 19.2. The maximum absolute atomic E-state index is 12.9. The Morgan fingerprint density at radius 3 is 2.62 bits per heavy atom. The fourth-order valence-electron chi connectivity index (χ4n) is 4.41. The molecule has 1 aliphatic carbocycles. The molecule has 0 unspecified atom stereocenters. The van der Waals surface area contributed by atoms with Crippen LogP contribution in [0.5, 0.6) is 0 Å². The third kappa shape index (κ3) is 3.75. The molecule has 0 saturated heterocycles. The van der Waals surface area contributed by atoms with Gasteiger partial charge in [-0.3, -0.25) is 19.1 Å². The molecule has 1 amide bonds. The topological polar surface area (TPSA) is 84.0 Å². The van der Waals surface area contributed by atoms with Gasteiger partial charge in [-0.1, -0.05) is 54.8 Å². The number of carbonyl (C=O) groups excluding carboxylic acids is 1. The number of H-pyrrole nitrogens is 1. The van der Waals surface area contributed by atoms with Gasteiger partial charge in [-0.05, 0) is 37.5 Å². The average Bonchev–Trinajstić information content (AvgIpc) is 3.17. The van der Waals surface area contributed by atoms with Gasteiger partial charge in [0.1, 0.15) is 0 Å². The molecule has 4 rings (SSSR count). The van der Waals surface area contributed by atoms with Gasteiger partial charge in [0.25, 0.3) is 5.56 Å². The number of aromatic nitrogens is 2. The molecule has 0 atom stereocenters. The number of aromatic amines is 1. The summed E-state index contributed by atoms with van der Waals surface area (Å²) >= 11 is 0. The highest BCUT2D eigenvalue weighted by Crippen LogP contribution is 2.39. The van der Waals surface area contributed by atoms with Crippen molar-refractivity contribution in [3.63, 3.8) is 0 Å². The van der Waals surface area contributed by atoms with Gasteiger partial charge in [-0.15, -0.1) is 0 Å². The normalized spacial score (nSPS) is 15.5. The minimum atomic E-state index is -0.490. The van der Waals surface area contributed by atoms with Crippen LogP contribution in [0.25, 0.3) is 10.9 Å². The average molecular weight is 391 g/mol. The SMILES string of the molecule is Cc1cccc(C2(NC(=O)CCn3c(=O)[nH]c(=O)c4ccccc43)CCCC2)c1. The van der Waals surface area contributed by atoms with Crippen molar-refractivity contribution in [2.75, 3.05) is 0 Å². The van der Waals surface area contributed by atoms with Crippen LogP contribution in [0.4, 0.5) is 0 Å². The molecule has 1 aromatic heterocycles. The monoisotopic (exact) mass is 391 g/mol. The predicted molar refractivity (Wildman–Crippen MR) is 113 cm³/mol. The highest BCUT2D eigenvalue weighted by molar-refractivity contribution is 5.79. The number of rotatable bonds is 5. The van der Waals surface area contributed by atoms with Gasteiger partial charge in [-0.2, -0.15) is 0 Å². The van der Waals surface area contributed by atoms with Crippen molar-refractivity contribution >= 4 is 16.8 Å². The first-order valence-corrected chi connectivity index (χ1v) is 10.1. The zero-order valence-corrected chi connectivity index (χ0v) is 16.5. The van der Waals surface area contributed by atoms with Crippen molar-refractivity contribution in [3.8, 4) is 0 Å². The number of carbonyl (C=O) groups is 1. The number of nitrogens with one attached hydrogen (secondary N) is 2. The Balaban J connectivity index is 1.55. The lowest BCUT2D eigenvalue weighted by atomic mass is 9.87. The Labute approximate surface area is 168 Å². The Morgan fingerprint density at radius 1 is 1.10 bits per heavy atom. The summed E-state index contributed by atoms with van der Waals surface area (Å²) in [6.45, 7) is 2.27. The van der Waals surface area contributed by atoms with E-state index in [2.05, 4.69) is 35.4 Å². The lowest BCUT2D eigenvalue weighted by Crippen LogP contribution is -2.44. The van der Waals surface area contributed by atoms with Crippen LogP contribution >= 0.6 is 0 Å². The number of fused-ring (bicyclic) bond motifs is 1. The fraction of sp³-hybridized carbons (Fsp3) is 0.348. The van der Waals surface area contributed by atoms with Crippen LogP contribution in [0, 0.1) is 6.92 Å². The second kappa shape index (κ2) is 7.70. The minimum absolute atomic E-state index is 0.0874. The van der Waals surface area contributed by atoms with Gasteiger partial charge < -0.3 is 5.32 Å². The van der Waals surface area contributed by atoms with Gasteiger partial charge in [0.05, 0.1) is 16.4 Å². The lowest BCUT2D eigenvalue weighted by Gasteiger charge is -2.31. The van der Waals surface area contributed by atoms with Crippen LogP contribution in [0.3, 0.4) is 0 Å². The van der Waals surface area contributed by atoms with Crippen molar-refractivity contribution < 1.29 is 4.79 Å². The van der Waals surface area contributed by atoms with Crippen molar-refractivity contribution in [1.82, 2.24) is 14.9 Å². The second-order valence-electron chi connectivity index (χ2n) is 7.88. The van der Waals surface area contributed by atoms with E-state index in [1.54, 1.807) is 24.3 Å². The zero-order valence-electron chi connectivity index (χ0n) is 16.5. The Hall–Kier alpha value is -3.15. The molecule has 150 valence electrons. The van der Waals surface area contributed by atoms with E-state index in [1.807, 2.05) is 6.07 Å². The molecule has 6 heteroatoms. The number of benzene rings is 2. The van der Waals surface area contributed by atoms with Crippen molar-refractivity contribution in [2.24, 2.45) is 0 Å². The first-order valence-electron chi connectivity index (χ1n) is 10.1. The van der Waals surface area contributed by atoms with E-state index in [9.17, 15) is 14.4 Å². The van der Waals surface area contributed by atoms with Crippen molar-refractivity contribution in [2.45, 2.75) is 51.1 Å². The van der Waals surface area contributed by atoms with E-state index in [0.717, 1.165) is 31.2 Å². The van der Waals surface area contributed by atoms with Crippen LogP contribution in [0.2, 0.25) is 0 Å². The van der Waals surface area contributed by atoms with E-state index in [0.29, 0.717) is 10.9 Å². The molecular formula is C23H25N3O3. The van der Waals surface area contributed by atoms with Gasteiger partial charge >= 0.3 is 5.69 Å². The highest BCUT2D eigenvalue weighted by atomic mass is 16.2. The summed E-state index contributed by atoms with van der Waals surface area (Å²) in [5.74, 6) is -0.0874. The van der Waals surface area contributed by atoms with Crippen LogP contribution in [0.15, 0.2) is 58.1 Å². The second-order valence-corrected chi connectivity index (χ2v) is 7.88. The molecule has 3 aromatic rings. The van der Waals surface area contributed by atoms with Crippen LogP contribution in [0.1, 0.15) is 43.2 Å². The molecule has 2 N–H and O–H groups in total. The van der Waals surface area contributed by atoms with E-state index >= 15 is 0 Å². The summed E-state index contributed by atoms with van der Waals surface area (Å²) in [5, 5.41) is 3.70. The van der Waals surface area contributed by atoms with E-state index in [1.165, 1.54) is 10.1 Å². The molecule has 1 aliphatic rings. The largest absolute Gasteiger partial charge is 0.347 e. The third-order valence-electron chi connectivity index (χ3n) is 5.87. The zero-order chi connectivity index (χ0) is 20.4. The van der Waals surface area contributed by atoms with Crippen molar-refractivity contribution in [3.05, 3.63) is 80.5 Å². The molecule has 29 heavy (non-hydrogen) atoms. The van der Waals surface area contributed by atoms with Crippen LogP contribution in [-0.2, 0) is 16.9 Å². The molecule has 1 saturated carbocycles. The van der Waals surface area contributed by atoms with Gasteiger partial charge in [0.15, 0.2) is 0 Å². The first-order chi connectivity index (χ1) is 14.0. The fourth-order valence-corrected chi connectivity index (χ4v) is 4.41. The lowest BCUT2D eigenvalue weighted by molar-refractivity contribution is -0.123. The Morgan fingerprint density at radius 2 is 1.86 bits per heavy atom. The number of amides is 1. The Kier molecular flexibility index (Phi) is 5.09. The number of para-hydroxylation sites is 1. The summed E-state index contributed by atoms with van der Waals surface area (Å²) in [4.78, 5) is 39.5. The maximum atomic E-state index is 12.9. The maximum Gasteiger partial charge on any atom is 0.328 e. The third-order valence-corrected chi connectivity index (χ3v) is 5.87. The predicted octanol–water partition coefficient (Wildman–Crippen LogP) is 2.97. The number of aryl methyl sites for hydroxylation is 2. The molecule has 2 aromatic carbocycles. The molecule has 0 aliphatic heterocycles. The molecule has 0 bridgehead atoms. The smallest absolute Gasteiger partial charge is 0.328 e. The quantitative estimate of drug-likeness (QED) is 0.701. The molecule has 0 spiro atoms. The van der Waals surface area contributed by atoms with Crippen LogP contribution in [-0.4, -0.2) is 15.5 Å². The summed E-state index contributed by atoms with van der Waals surface area (Å²) in [6.07, 6.45) is 4.17. The number of nitrogens with zero attached hydrogens (tertiary/aromatic N) is 1. The molecule has 0 radical (unpaired) electrons. The van der Waals surface area contributed by atoms with Crippen LogP contribution < -0.4 is 16.6 Å². The van der Waals surface area contributed by atoms with E-state index in [4.69, 9.17) is 0 Å². The molecule has 1 heterocycles. The number of hydrogen-bond acceptors (Lipinski definition) is 3. The summed E-state index contributed by atoms with van der Waals surface area (Å²) in [7, 11) is 0. The standard InChI is InChI=1S/C23H25N3O3/c1-16-7-6-8-17(15-16)23(12-4-5-13-23)25-20(27)11-14-26-19-10-3-2-9-18(19)21(28)24-22(26)29/h2-3,6-10,15H,4-5,11-14H2,1H3,(H,25,27)(H,24,28,29).